The van der Waals surface area contributed by atoms with Crippen LogP contribution >= 0.6 is 11.8 Å². The van der Waals surface area contributed by atoms with Crippen LogP contribution in [0, 0.1) is 0 Å². The average molecular weight is 481 g/mol. The summed E-state index contributed by atoms with van der Waals surface area (Å²) in [6, 6.07) is 9.11. The number of rotatable bonds is 7. The zero-order valence-corrected chi connectivity index (χ0v) is 19.8. The summed E-state index contributed by atoms with van der Waals surface area (Å²) in [5.74, 6) is 0.387. The van der Waals surface area contributed by atoms with Gasteiger partial charge in [-0.15, -0.1) is 0 Å². The van der Waals surface area contributed by atoms with Crippen molar-refractivity contribution in [1.29, 1.82) is 0 Å². The summed E-state index contributed by atoms with van der Waals surface area (Å²) in [6.45, 7) is 3.48. The van der Waals surface area contributed by atoms with Gasteiger partial charge in [-0.05, 0) is 63.1 Å². The van der Waals surface area contributed by atoms with Crippen molar-refractivity contribution >= 4 is 41.0 Å². The first kappa shape index (κ1) is 22.5. The highest BCUT2D eigenvalue weighted by molar-refractivity contribution is 6.15. The van der Waals surface area contributed by atoms with Crippen LogP contribution in [0.4, 0.5) is 17.1 Å². The monoisotopic (exact) mass is 480 g/mol. The molecule has 1 amide bonds. The summed E-state index contributed by atoms with van der Waals surface area (Å²) in [6.07, 6.45) is 13.0. The van der Waals surface area contributed by atoms with Crippen molar-refractivity contribution in [2.45, 2.75) is 50.1 Å². The molecule has 178 valence electrons. The van der Waals surface area contributed by atoms with Crippen molar-refractivity contribution in [3.8, 4) is 0 Å². The molecule has 10 heteroatoms. The number of anilines is 3. The van der Waals surface area contributed by atoms with Gasteiger partial charge in [0, 0.05) is 47.6 Å². The van der Waals surface area contributed by atoms with E-state index in [0.717, 1.165) is 24.2 Å². The van der Waals surface area contributed by atoms with E-state index in [-0.39, 0.29) is 5.91 Å². The lowest BCUT2D eigenvalue weighted by molar-refractivity contribution is -0.111. The third-order valence-electron chi connectivity index (χ3n) is 6.84. The molecule has 3 aliphatic heterocycles. The van der Waals surface area contributed by atoms with Crippen LogP contribution in [-0.2, 0) is 4.79 Å². The molecular weight excluding hydrogens is 452 g/mol. The predicted octanol–water partition coefficient (Wildman–Crippen LogP) is 3.99. The largest absolute Gasteiger partial charge is 0.343 e. The van der Waals surface area contributed by atoms with Crippen LogP contribution in [0.3, 0.4) is 0 Å². The molecule has 0 aliphatic carbocycles. The Hall–Kier alpha value is -3.30. The van der Waals surface area contributed by atoms with Gasteiger partial charge in [-0.25, -0.2) is 9.41 Å². The predicted molar refractivity (Wildman–Crippen MR) is 136 cm³/mol. The Bertz CT molecular complexity index is 1110. The molecule has 3 N–H and O–H groups in total. The summed E-state index contributed by atoms with van der Waals surface area (Å²) in [4.78, 5) is 18.6. The highest BCUT2D eigenvalue weighted by Crippen LogP contribution is 2.39. The van der Waals surface area contributed by atoms with E-state index in [0.29, 0.717) is 29.6 Å². The maximum absolute atomic E-state index is 11.6. The molecule has 2 saturated heterocycles. The number of aromatic nitrogens is 2. The van der Waals surface area contributed by atoms with Gasteiger partial charge in [-0.3, -0.25) is 9.48 Å². The zero-order chi connectivity index (χ0) is 23.7. The minimum Gasteiger partial charge on any atom is -0.343 e. The summed E-state index contributed by atoms with van der Waals surface area (Å²) in [7, 11) is 2.25. The van der Waals surface area contributed by atoms with E-state index in [4.69, 9.17) is 11.8 Å². The lowest BCUT2D eigenvalue weighted by Gasteiger charge is -2.36. The van der Waals surface area contributed by atoms with E-state index in [1.54, 1.807) is 18.4 Å². The van der Waals surface area contributed by atoms with Crippen LogP contribution in [-0.4, -0.2) is 56.6 Å². The van der Waals surface area contributed by atoms with E-state index >= 15 is 0 Å². The van der Waals surface area contributed by atoms with Gasteiger partial charge in [0.2, 0.25) is 12.2 Å². The number of carbonyl (C=O) groups excluding carboxylic acids is 1. The molecule has 0 radical (unpaired) electrons. The van der Waals surface area contributed by atoms with Gasteiger partial charge in [0.25, 0.3) is 0 Å². The lowest BCUT2D eigenvalue weighted by Crippen LogP contribution is -2.40. The van der Waals surface area contributed by atoms with E-state index in [1.807, 2.05) is 30.6 Å². The number of aliphatic imine (C=N–C) groups is 1. The molecule has 0 spiro atoms. The first-order valence-electron chi connectivity index (χ1n) is 11.5. The normalized spacial score (nSPS) is 26.2. The van der Waals surface area contributed by atoms with Crippen molar-refractivity contribution in [3.63, 3.8) is 0 Å². The Balaban J connectivity index is 1.21. The maximum atomic E-state index is 11.6. The Morgan fingerprint density at radius 2 is 1.94 bits per heavy atom. The molecule has 0 saturated carbocycles. The number of benzene rings is 1. The molecule has 1 aromatic carbocycles. The summed E-state index contributed by atoms with van der Waals surface area (Å²) in [5, 5.41) is 14.0. The second-order valence-electron chi connectivity index (χ2n) is 8.96. The summed E-state index contributed by atoms with van der Waals surface area (Å²) < 4.78 is 3.59. The van der Waals surface area contributed by atoms with Crippen LogP contribution in [0.2, 0.25) is 0 Å². The number of nitrogens with one attached hydrogen (secondary N) is 3. The lowest BCUT2D eigenvalue weighted by atomic mass is 9.98. The molecule has 3 atom stereocenters. The fraction of sp³-hybridized carbons (Fsp3) is 0.375. The molecule has 34 heavy (non-hydrogen) atoms. The number of fused-ring (bicyclic) bond motifs is 2. The smallest absolute Gasteiger partial charge is 0.247 e. The van der Waals surface area contributed by atoms with Gasteiger partial charge in [0.1, 0.15) is 5.82 Å². The number of halogens is 1. The van der Waals surface area contributed by atoms with Crippen molar-refractivity contribution in [2.24, 2.45) is 4.99 Å². The first-order valence-corrected chi connectivity index (χ1v) is 11.9. The first-order chi connectivity index (χ1) is 16.5. The van der Waals surface area contributed by atoms with Crippen LogP contribution in [0.25, 0.3) is 0 Å². The van der Waals surface area contributed by atoms with Gasteiger partial charge in [0.05, 0.1) is 17.9 Å². The van der Waals surface area contributed by atoms with Crippen LogP contribution in [0.15, 0.2) is 66.2 Å². The molecule has 1 aromatic heterocycles. The van der Waals surface area contributed by atoms with Crippen molar-refractivity contribution < 1.29 is 4.79 Å². The molecule has 3 unspecified atom stereocenters. The number of hydrogen-bond acceptors (Lipinski definition) is 7. The second-order valence-corrected chi connectivity index (χ2v) is 9.33. The SMILES string of the molecule is C=CC(=O)Nc1cccc(NC2=CC=NC(Nc3cnn(C4CC5CCC(C4)N5C)c3)N2Cl)c1. The molecule has 3 aliphatic rings. The van der Waals surface area contributed by atoms with Crippen molar-refractivity contribution in [2.75, 3.05) is 23.0 Å². The minimum absolute atomic E-state index is 0.266. The van der Waals surface area contributed by atoms with Crippen LogP contribution in [0.5, 0.6) is 0 Å². The van der Waals surface area contributed by atoms with Gasteiger partial charge in [-0.2, -0.15) is 5.10 Å². The molecule has 5 rings (SSSR count). The highest BCUT2D eigenvalue weighted by Gasteiger charge is 2.39. The topological polar surface area (TPSA) is 89.8 Å². The molecule has 2 aromatic rings. The van der Waals surface area contributed by atoms with Crippen LogP contribution in [0.1, 0.15) is 31.7 Å². The molecule has 2 fully saturated rings. The second kappa shape index (κ2) is 9.52. The number of amides is 1. The number of carbonyl (C=O) groups is 1. The Morgan fingerprint density at radius 1 is 1.18 bits per heavy atom. The Labute approximate surface area is 204 Å². The van der Waals surface area contributed by atoms with Crippen molar-refractivity contribution in [3.05, 3.63) is 61.2 Å². The molecular formula is C24H29ClN8O. The molecule has 4 heterocycles. The van der Waals surface area contributed by atoms with Gasteiger partial charge in [-0.1, -0.05) is 12.6 Å². The number of nitrogens with zero attached hydrogens (tertiary/aromatic N) is 5. The summed E-state index contributed by atoms with van der Waals surface area (Å²) >= 11 is 6.62. The Kier molecular flexibility index (Phi) is 6.30. The zero-order valence-electron chi connectivity index (χ0n) is 19.1. The third kappa shape index (κ3) is 4.67. The minimum atomic E-state index is -0.496. The third-order valence-corrected chi connectivity index (χ3v) is 7.20. The number of piperidine rings is 1. The summed E-state index contributed by atoms with van der Waals surface area (Å²) in [5.41, 5.74) is 2.30. The Morgan fingerprint density at radius 3 is 2.71 bits per heavy atom. The van der Waals surface area contributed by atoms with E-state index in [9.17, 15) is 4.79 Å². The van der Waals surface area contributed by atoms with Gasteiger partial charge < -0.3 is 20.9 Å². The average Bonchev–Trinajstić information content (AvgIpc) is 3.36. The van der Waals surface area contributed by atoms with E-state index in [1.165, 1.54) is 23.3 Å². The quantitative estimate of drug-likeness (QED) is 0.410. The van der Waals surface area contributed by atoms with E-state index in [2.05, 4.69) is 49.2 Å². The van der Waals surface area contributed by atoms with Crippen molar-refractivity contribution in [1.82, 2.24) is 19.1 Å². The standard InChI is InChI=1S/C24H29ClN8O/c1-3-23(34)29-17-6-4-5-16(11-17)28-22-9-10-26-24(33(22)25)30-18-14-27-32(15-18)21-12-19-7-8-20(13-21)31(19)2/h3-6,9-11,14-15,19-21,24,28,30H,1,7-8,12-13H2,2H3,(H,29,34). The number of hydrogen-bond donors (Lipinski definition) is 3. The fourth-order valence-corrected chi connectivity index (χ4v) is 5.22. The number of allylic oxidation sites excluding steroid dienone is 1. The van der Waals surface area contributed by atoms with Gasteiger partial charge in [0.15, 0.2) is 0 Å². The fourth-order valence-electron chi connectivity index (χ4n) is 5.02. The van der Waals surface area contributed by atoms with Crippen LogP contribution < -0.4 is 16.0 Å². The molecule has 9 nitrogen and oxygen atoms in total. The maximum Gasteiger partial charge on any atom is 0.247 e. The highest BCUT2D eigenvalue weighted by atomic mass is 35.5. The van der Waals surface area contributed by atoms with E-state index < -0.39 is 6.29 Å². The van der Waals surface area contributed by atoms with Gasteiger partial charge >= 0.3 is 0 Å². The molecule has 2 bridgehead atoms.